The highest BCUT2D eigenvalue weighted by Crippen LogP contribution is 2.41. The minimum atomic E-state index is -4.80. The Hall–Kier alpha value is -2.30. The molecule has 2 rings (SSSR count). The molecule has 32 heavy (non-hydrogen) atoms. The van der Waals surface area contributed by atoms with Gasteiger partial charge < -0.3 is 14.4 Å². The molecule has 11 heteroatoms. The third kappa shape index (κ3) is 7.39. The lowest BCUT2D eigenvalue weighted by molar-refractivity contribution is -0.385. The molecule has 0 N–H and O–H groups in total. The number of alkyl halides is 3. The van der Waals surface area contributed by atoms with Crippen molar-refractivity contribution in [2.45, 2.75) is 77.2 Å². The Kier molecular flexibility index (Phi) is 7.53. The number of ether oxygens (including phenoxy) is 2. The zero-order valence-electron chi connectivity index (χ0n) is 19.3. The zero-order valence-corrected chi connectivity index (χ0v) is 20.3. The van der Waals surface area contributed by atoms with Crippen LogP contribution in [0.5, 0.6) is 5.75 Å². The van der Waals surface area contributed by atoms with E-state index in [1.807, 2.05) is 19.6 Å². The second-order valence-corrected chi connectivity index (χ2v) is 15.7. The molecule has 1 aromatic carbocycles. The number of benzene rings is 1. The summed E-state index contributed by atoms with van der Waals surface area (Å²) in [7, 11) is -1.85. The number of likely N-dealkylation sites (tertiary alicyclic amines) is 1. The molecule has 0 unspecified atom stereocenters. The molecule has 0 aromatic heterocycles. The predicted octanol–water partition coefficient (Wildman–Crippen LogP) is 5.81. The maximum Gasteiger partial charge on any atom is 0.420 e. The van der Waals surface area contributed by atoms with E-state index >= 15 is 0 Å². The molecule has 0 radical (unpaired) electrons. The second-order valence-electron chi connectivity index (χ2n) is 10.3. The summed E-state index contributed by atoms with van der Waals surface area (Å²) >= 11 is 0. The number of nitro benzene ring substituents is 1. The van der Waals surface area contributed by atoms with Crippen LogP contribution in [0, 0.1) is 10.1 Å². The molecule has 0 aliphatic carbocycles. The maximum absolute atomic E-state index is 13.7. The Morgan fingerprint density at radius 2 is 1.75 bits per heavy atom. The average Bonchev–Trinajstić information content (AvgIpc) is 2.58. The molecule has 180 valence electrons. The SMILES string of the molecule is CC(C)(C)OC(=O)N1CCC(Oc2cc(C[Si](C)(C)C)c([N+](=O)[O-])cc2C(F)(F)F)CC1. The molecular formula is C21H31F3N2O5Si. The molecule has 1 aliphatic rings. The summed E-state index contributed by atoms with van der Waals surface area (Å²) in [6.45, 7) is 11.8. The lowest BCUT2D eigenvalue weighted by atomic mass is 10.1. The highest BCUT2D eigenvalue weighted by Gasteiger charge is 2.39. The van der Waals surface area contributed by atoms with Crippen LogP contribution in [0.4, 0.5) is 23.7 Å². The quantitative estimate of drug-likeness (QED) is 0.304. The van der Waals surface area contributed by atoms with Crippen LogP contribution in [-0.4, -0.2) is 48.8 Å². The fourth-order valence-corrected chi connectivity index (χ4v) is 4.90. The highest BCUT2D eigenvalue weighted by atomic mass is 28.3. The van der Waals surface area contributed by atoms with Crippen LogP contribution < -0.4 is 4.74 Å². The van der Waals surface area contributed by atoms with Gasteiger partial charge in [0.25, 0.3) is 5.69 Å². The second kappa shape index (κ2) is 9.28. The van der Waals surface area contributed by atoms with Crippen molar-refractivity contribution in [2.24, 2.45) is 0 Å². The van der Waals surface area contributed by atoms with Crippen LogP contribution in [0.25, 0.3) is 0 Å². The molecule has 1 aliphatic heterocycles. The molecule has 0 spiro atoms. The highest BCUT2D eigenvalue weighted by molar-refractivity contribution is 6.75. The van der Waals surface area contributed by atoms with E-state index in [1.165, 1.54) is 11.0 Å². The standard InChI is InChI=1S/C21H31F3N2O5Si/c1-20(2,3)31-19(27)25-9-7-15(8-10-25)30-18-11-14(13-32(4,5)6)17(26(28)29)12-16(18)21(22,23)24/h11-12,15H,7-10,13H2,1-6H3. The number of carbonyl (C=O) groups is 1. The number of piperidine rings is 1. The van der Waals surface area contributed by atoms with Crippen LogP contribution in [0.15, 0.2) is 12.1 Å². The van der Waals surface area contributed by atoms with Gasteiger partial charge in [0.2, 0.25) is 0 Å². The molecule has 7 nitrogen and oxygen atoms in total. The summed E-state index contributed by atoms with van der Waals surface area (Å²) in [5, 5.41) is 11.5. The fourth-order valence-electron chi connectivity index (χ4n) is 3.47. The van der Waals surface area contributed by atoms with Gasteiger partial charge in [-0.3, -0.25) is 10.1 Å². The van der Waals surface area contributed by atoms with Crippen LogP contribution in [0.1, 0.15) is 44.7 Å². The van der Waals surface area contributed by atoms with Gasteiger partial charge in [0, 0.05) is 45.6 Å². The van der Waals surface area contributed by atoms with Crippen LogP contribution >= 0.6 is 0 Å². The zero-order chi connectivity index (χ0) is 24.5. The summed E-state index contributed by atoms with van der Waals surface area (Å²) < 4.78 is 52.1. The normalized spacial score (nSPS) is 16.1. The van der Waals surface area contributed by atoms with E-state index in [0.29, 0.717) is 25.0 Å². The summed E-state index contributed by atoms with van der Waals surface area (Å²) in [6, 6.07) is 2.12. The van der Waals surface area contributed by atoms with Crippen LogP contribution in [0.3, 0.4) is 0 Å². The van der Waals surface area contributed by atoms with Crippen molar-refractivity contribution < 1.29 is 32.4 Å². The van der Waals surface area contributed by atoms with Crippen LogP contribution in [0.2, 0.25) is 19.6 Å². The molecule has 0 bridgehead atoms. The van der Waals surface area contributed by atoms with E-state index in [1.54, 1.807) is 20.8 Å². The Morgan fingerprint density at radius 3 is 2.19 bits per heavy atom. The third-order valence-corrected chi connectivity index (χ3v) is 6.23. The third-order valence-electron chi connectivity index (χ3n) is 4.79. The lowest BCUT2D eigenvalue weighted by Crippen LogP contribution is -2.44. The number of amides is 1. The average molecular weight is 477 g/mol. The van der Waals surface area contributed by atoms with Gasteiger partial charge in [-0.25, -0.2) is 4.79 Å². The molecule has 1 heterocycles. The summed E-state index contributed by atoms with van der Waals surface area (Å²) in [5.41, 5.74) is -2.08. The Morgan fingerprint density at radius 1 is 1.19 bits per heavy atom. The Bertz CT molecular complexity index is 855. The van der Waals surface area contributed by atoms with Gasteiger partial charge in [0.1, 0.15) is 23.0 Å². The van der Waals surface area contributed by atoms with Gasteiger partial charge >= 0.3 is 12.3 Å². The van der Waals surface area contributed by atoms with Gasteiger partial charge in [-0.15, -0.1) is 0 Å². The number of halogens is 3. The van der Waals surface area contributed by atoms with Crippen molar-refractivity contribution in [3.63, 3.8) is 0 Å². The molecule has 0 saturated carbocycles. The molecular weight excluding hydrogens is 445 g/mol. The largest absolute Gasteiger partial charge is 0.490 e. The van der Waals surface area contributed by atoms with Crippen molar-refractivity contribution in [3.8, 4) is 5.75 Å². The molecule has 1 fully saturated rings. The van der Waals surface area contributed by atoms with Crippen molar-refractivity contribution in [1.82, 2.24) is 4.90 Å². The van der Waals surface area contributed by atoms with E-state index < -0.39 is 54.0 Å². The fraction of sp³-hybridized carbons (Fsp3) is 0.667. The van der Waals surface area contributed by atoms with Crippen molar-refractivity contribution in [2.75, 3.05) is 13.1 Å². The smallest absolute Gasteiger partial charge is 0.420 e. The number of hydrogen-bond donors (Lipinski definition) is 0. The number of hydrogen-bond acceptors (Lipinski definition) is 5. The minimum absolute atomic E-state index is 0.253. The number of carbonyl (C=O) groups excluding carboxylic acids is 1. The predicted molar refractivity (Wildman–Crippen MR) is 117 cm³/mol. The van der Waals surface area contributed by atoms with E-state index in [9.17, 15) is 28.1 Å². The van der Waals surface area contributed by atoms with Gasteiger partial charge in [0.15, 0.2) is 0 Å². The topological polar surface area (TPSA) is 81.9 Å². The van der Waals surface area contributed by atoms with Crippen molar-refractivity contribution in [3.05, 3.63) is 33.4 Å². The van der Waals surface area contributed by atoms with Crippen molar-refractivity contribution >= 4 is 19.9 Å². The summed E-state index contributed by atoms with van der Waals surface area (Å²) in [5.74, 6) is -0.396. The van der Waals surface area contributed by atoms with Gasteiger partial charge in [-0.1, -0.05) is 19.6 Å². The van der Waals surface area contributed by atoms with Gasteiger partial charge in [0.05, 0.1) is 4.92 Å². The minimum Gasteiger partial charge on any atom is -0.490 e. The number of rotatable bonds is 5. The first-order chi connectivity index (χ1) is 14.5. The Labute approximate surface area is 187 Å². The number of nitro groups is 1. The maximum atomic E-state index is 13.7. The van der Waals surface area contributed by atoms with Gasteiger partial charge in [-0.05, 0) is 32.9 Å². The van der Waals surface area contributed by atoms with E-state index in [0.717, 1.165) is 0 Å². The number of nitrogens with zero attached hydrogens (tertiary/aromatic N) is 2. The first-order valence-electron chi connectivity index (χ1n) is 10.5. The summed E-state index contributed by atoms with van der Waals surface area (Å²) in [4.78, 5) is 24.4. The first-order valence-corrected chi connectivity index (χ1v) is 14.2. The van der Waals surface area contributed by atoms with Gasteiger partial charge in [-0.2, -0.15) is 13.2 Å². The summed E-state index contributed by atoms with van der Waals surface area (Å²) in [6.07, 6.45) is -5.15. The van der Waals surface area contributed by atoms with E-state index in [2.05, 4.69) is 0 Å². The Balaban J connectivity index is 2.26. The first kappa shape index (κ1) is 26.0. The molecule has 1 aromatic rings. The van der Waals surface area contributed by atoms with E-state index in [4.69, 9.17) is 9.47 Å². The van der Waals surface area contributed by atoms with Crippen LogP contribution in [-0.2, 0) is 17.0 Å². The molecule has 1 saturated heterocycles. The van der Waals surface area contributed by atoms with Crippen molar-refractivity contribution in [1.29, 1.82) is 0 Å². The van der Waals surface area contributed by atoms with E-state index in [-0.39, 0.29) is 18.7 Å². The molecule has 1 amide bonds. The molecule has 0 atom stereocenters. The lowest BCUT2D eigenvalue weighted by Gasteiger charge is -2.34. The monoisotopic (exact) mass is 476 g/mol.